The summed E-state index contributed by atoms with van der Waals surface area (Å²) in [6, 6.07) is 30.0. The first kappa shape index (κ1) is 26.2. The maximum Gasteiger partial charge on any atom is 0.330 e. The van der Waals surface area contributed by atoms with Gasteiger partial charge in [0.1, 0.15) is 17.9 Å². The average molecular weight is 531 g/mol. The standard InChI is InChI=1S/C30H30N2O5S/c1-20-19-32(29(34)31-27(20)33)25-18-24(38)26(36-25)28(35-2)37-30(21-12-6-3-7-13-21,22-14-8-4-9-15-22)23-16-10-5-11-17-23/h3-17,19,24-26,28,38H,18H2,1-2H3,(H,31,33,34)/t24-,25+,26-,28?/m0/s1. The van der Waals surface area contributed by atoms with Crippen LogP contribution in [0.4, 0.5) is 0 Å². The molecule has 7 nitrogen and oxygen atoms in total. The van der Waals surface area contributed by atoms with E-state index in [4.69, 9.17) is 26.8 Å². The highest BCUT2D eigenvalue weighted by Gasteiger charge is 2.46. The summed E-state index contributed by atoms with van der Waals surface area (Å²) >= 11 is 4.81. The number of aromatic amines is 1. The maximum atomic E-state index is 12.6. The van der Waals surface area contributed by atoms with Gasteiger partial charge in [-0.3, -0.25) is 14.3 Å². The van der Waals surface area contributed by atoms with Crippen LogP contribution in [0.3, 0.4) is 0 Å². The van der Waals surface area contributed by atoms with Crippen molar-refractivity contribution in [2.24, 2.45) is 0 Å². The van der Waals surface area contributed by atoms with Gasteiger partial charge < -0.3 is 14.2 Å². The second-order valence-corrected chi connectivity index (χ2v) is 10.0. The molecule has 1 fully saturated rings. The molecule has 1 aliphatic rings. The van der Waals surface area contributed by atoms with Gasteiger partial charge in [0.25, 0.3) is 5.56 Å². The van der Waals surface area contributed by atoms with E-state index in [-0.39, 0.29) is 5.25 Å². The lowest BCUT2D eigenvalue weighted by molar-refractivity contribution is -0.230. The highest BCUT2D eigenvalue weighted by Crippen LogP contribution is 2.44. The number of hydrogen-bond acceptors (Lipinski definition) is 6. The molecule has 0 spiro atoms. The lowest BCUT2D eigenvalue weighted by Gasteiger charge is -2.40. The lowest BCUT2D eigenvalue weighted by Crippen LogP contribution is -2.44. The minimum Gasteiger partial charge on any atom is -0.353 e. The average Bonchev–Trinajstić information content (AvgIpc) is 3.34. The Morgan fingerprint density at radius 3 is 1.89 bits per heavy atom. The first-order valence-electron chi connectivity index (χ1n) is 12.5. The Labute approximate surface area is 226 Å². The molecule has 0 bridgehead atoms. The van der Waals surface area contributed by atoms with Crippen LogP contribution < -0.4 is 11.2 Å². The number of thiol groups is 1. The third-order valence-electron chi connectivity index (χ3n) is 6.93. The third-order valence-corrected chi connectivity index (χ3v) is 7.43. The summed E-state index contributed by atoms with van der Waals surface area (Å²) in [4.78, 5) is 26.8. The van der Waals surface area contributed by atoms with E-state index in [0.29, 0.717) is 12.0 Å². The van der Waals surface area contributed by atoms with Gasteiger partial charge in [-0.25, -0.2) is 4.79 Å². The molecule has 0 aliphatic carbocycles. The lowest BCUT2D eigenvalue weighted by atomic mass is 9.80. The SMILES string of the molecule is COC(OC(c1ccccc1)(c1ccccc1)c1ccccc1)[C@H]1O[C@@H](n2cc(C)c(=O)[nH]c2=O)C[C@@H]1S. The van der Waals surface area contributed by atoms with Gasteiger partial charge in [-0.15, -0.1) is 0 Å². The molecule has 1 aromatic heterocycles. The molecule has 2 heterocycles. The number of aromatic nitrogens is 2. The van der Waals surface area contributed by atoms with Crippen molar-refractivity contribution in [3.05, 3.63) is 140 Å². The predicted molar refractivity (Wildman–Crippen MR) is 148 cm³/mol. The van der Waals surface area contributed by atoms with E-state index in [2.05, 4.69) is 4.98 Å². The van der Waals surface area contributed by atoms with Gasteiger partial charge in [-0.05, 0) is 23.6 Å². The number of nitrogens with zero attached hydrogens (tertiary/aromatic N) is 1. The van der Waals surface area contributed by atoms with E-state index in [0.717, 1.165) is 16.7 Å². The van der Waals surface area contributed by atoms with Crippen LogP contribution in [0.5, 0.6) is 0 Å². The van der Waals surface area contributed by atoms with E-state index in [9.17, 15) is 9.59 Å². The molecule has 4 atom stereocenters. The second kappa shape index (κ2) is 11.1. The Morgan fingerprint density at radius 2 is 1.42 bits per heavy atom. The van der Waals surface area contributed by atoms with Crippen LogP contribution in [0.1, 0.15) is 34.9 Å². The van der Waals surface area contributed by atoms with Crippen LogP contribution in [0.15, 0.2) is 107 Å². The number of aryl methyl sites for hydroxylation is 1. The quantitative estimate of drug-likeness (QED) is 0.200. The molecule has 4 aromatic rings. The van der Waals surface area contributed by atoms with Crippen LogP contribution in [-0.4, -0.2) is 34.3 Å². The van der Waals surface area contributed by atoms with E-state index >= 15 is 0 Å². The minimum atomic E-state index is -1.02. The Kier molecular flexibility index (Phi) is 7.67. The number of ether oxygens (including phenoxy) is 3. The molecule has 1 saturated heterocycles. The Morgan fingerprint density at radius 1 is 0.921 bits per heavy atom. The van der Waals surface area contributed by atoms with Crippen LogP contribution in [-0.2, 0) is 19.8 Å². The van der Waals surface area contributed by atoms with Crippen LogP contribution >= 0.6 is 12.6 Å². The summed E-state index contributed by atoms with van der Waals surface area (Å²) in [6.07, 6.45) is -0.145. The van der Waals surface area contributed by atoms with Crippen molar-refractivity contribution in [3.8, 4) is 0 Å². The molecule has 0 saturated carbocycles. The van der Waals surface area contributed by atoms with Crippen LogP contribution in [0.25, 0.3) is 0 Å². The Bertz CT molecular complexity index is 1380. The fourth-order valence-corrected chi connectivity index (χ4v) is 5.43. The fraction of sp³-hybridized carbons (Fsp3) is 0.267. The number of benzene rings is 3. The minimum absolute atomic E-state index is 0.302. The summed E-state index contributed by atoms with van der Waals surface area (Å²) < 4.78 is 20.7. The van der Waals surface area contributed by atoms with Gasteiger partial charge in [-0.1, -0.05) is 91.0 Å². The zero-order valence-electron chi connectivity index (χ0n) is 21.2. The summed E-state index contributed by atoms with van der Waals surface area (Å²) in [7, 11) is 1.57. The normalized spacial score (nSPS) is 20.3. The number of H-pyrrole nitrogens is 1. The first-order chi connectivity index (χ1) is 18.4. The molecular formula is C30H30N2O5S. The smallest absolute Gasteiger partial charge is 0.330 e. The molecule has 0 amide bonds. The molecule has 8 heteroatoms. The highest BCUT2D eigenvalue weighted by molar-refractivity contribution is 7.81. The van der Waals surface area contributed by atoms with Gasteiger partial charge >= 0.3 is 5.69 Å². The van der Waals surface area contributed by atoms with E-state index in [1.165, 1.54) is 10.8 Å². The van der Waals surface area contributed by atoms with Crippen molar-refractivity contribution < 1.29 is 14.2 Å². The topological polar surface area (TPSA) is 82.6 Å². The maximum absolute atomic E-state index is 12.6. The summed E-state index contributed by atoms with van der Waals surface area (Å²) in [6.45, 7) is 1.65. The third kappa shape index (κ3) is 4.88. The van der Waals surface area contributed by atoms with Gasteiger partial charge in [0, 0.05) is 30.5 Å². The Hall–Kier alpha value is -3.43. The van der Waals surface area contributed by atoms with Crippen molar-refractivity contribution in [2.45, 2.75) is 42.8 Å². The molecule has 3 aromatic carbocycles. The zero-order chi connectivity index (χ0) is 26.7. The van der Waals surface area contributed by atoms with Crippen LogP contribution in [0, 0.1) is 6.92 Å². The molecule has 1 unspecified atom stereocenters. The fourth-order valence-electron chi connectivity index (χ4n) is 5.04. The monoisotopic (exact) mass is 530 g/mol. The number of hydrogen-bond donors (Lipinski definition) is 2. The van der Waals surface area contributed by atoms with E-state index < -0.39 is 35.5 Å². The van der Waals surface area contributed by atoms with Gasteiger partial charge in [0.05, 0.1) is 0 Å². The van der Waals surface area contributed by atoms with E-state index in [1.807, 2.05) is 91.0 Å². The van der Waals surface area contributed by atoms with Crippen molar-refractivity contribution in [3.63, 3.8) is 0 Å². The van der Waals surface area contributed by atoms with Gasteiger partial charge in [-0.2, -0.15) is 12.6 Å². The second-order valence-electron chi connectivity index (χ2n) is 9.34. The number of methoxy groups -OCH3 is 1. The van der Waals surface area contributed by atoms with Crippen molar-refractivity contribution in [1.29, 1.82) is 0 Å². The molecular weight excluding hydrogens is 500 g/mol. The van der Waals surface area contributed by atoms with Crippen molar-refractivity contribution in [1.82, 2.24) is 9.55 Å². The summed E-state index contributed by atoms with van der Waals surface area (Å²) in [5.41, 5.74) is 1.23. The zero-order valence-corrected chi connectivity index (χ0v) is 22.1. The molecule has 1 N–H and O–H groups in total. The summed E-state index contributed by atoms with van der Waals surface area (Å²) in [5.74, 6) is 0. The molecule has 0 radical (unpaired) electrons. The summed E-state index contributed by atoms with van der Waals surface area (Å²) in [5, 5.41) is -0.302. The van der Waals surface area contributed by atoms with Crippen LogP contribution in [0.2, 0.25) is 0 Å². The predicted octanol–water partition coefficient (Wildman–Crippen LogP) is 4.41. The highest BCUT2D eigenvalue weighted by atomic mass is 32.1. The largest absolute Gasteiger partial charge is 0.353 e. The first-order valence-corrected chi connectivity index (χ1v) is 13.0. The Balaban J connectivity index is 1.58. The number of rotatable bonds is 8. The van der Waals surface area contributed by atoms with Gasteiger partial charge in [0.15, 0.2) is 6.29 Å². The molecule has 196 valence electrons. The van der Waals surface area contributed by atoms with E-state index in [1.54, 1.807) is 14.0 Å². The molecule has 1 aliphatic heterocycles. The number of nitrogens with one attached hydrogen (secondary N) is 1. The van der Waals surface area contributed by atoms with Crippen molar-refractivity contribution >= 4 is 12.6 Å². The molecule has 5 rings (SSSR count). The van der Waals surface area contributed by atoms with Crippen molar-refractivity contribution in [2.75, 3.05) is 7.11 Å². The molecule has 38 heavy (non-hydrogen) atoms. The van der Waals surface area contributed by atoms with Gasteiger partial charge in [0.2, 0.25) is 0 Å².